The molecule has 0 aliphatic heterocycles. The van der Waals surface area contributed by atoms with Crippen molar-refractivity contribution in [3.05, 3.63) is 30.4 Å². The summed E-state index contributed by atoms with van der Waals surface area (Å²) in [5.41, 5.74) is 1.79. The van der Waals surface area contributed by atoms with Crippen LogP contribution in [0.1, 0.15) is 18.3 Å². The molecule has 82 valence electrons. The van der Waals surface area contributed by atoms with E-state index in [-0.39, 0.29) is 0 Å². The largest absolute Gasteiger partial charge is 0.258 e. The van der Waals surface area contributed by atoms with E-state index < -0.39 is 15.1 Å². The van der Waals surface area contributed by atoms with Gasteiger partial charge in [-0.2, -0.15) is 0 Å². The van der Waals surface area contributed by atoms with Crippen LogP contribution >= 0.6 is 0 Å². The van der Waals surface area contributed by atoms with Crippen LogP contribution in [0.25, 0.3) is 5.57 Å². The number of aromatic nitrogens is 2. The van der Waals surface area contributed by atoms with E-state index in [1.54, 1.807) is 19.3 Å². The smallest absolute Gasteiger partial charge is 0.154 e. The SMILES string of the molecule is C=C(c1cnc(C)cn1)[C@H](C)S(C)(=O)=O. The van der Waals surface area contributed by atoms with Crippen LogP contribution in [0.4, 0.5) is 0 Å². The van der Waals surface area contributed by atoms with Gasteiger partial charge >= 0.3 is 0 Å². The van der Waals surface area contributed by atoms with Gasteiger partial charge in [0, 0.05) is 12.5 Å². The Kier molecular flexibility index (Phi) is 3.24. The van der Waals surface area contributed by atoms with Crippen LogP contribution < -0.4 is 0 Å². The summed E-state index contributed by atoms with van der Waals surface area (Å²) < 4.78 is 22.6. The van der Waals surface area contributed by atoms with Crippen LogP contribution in [-0.2, 0) is 9.84 Å². The topological polar surface area (TPSA) is 59.9 Å². The van der Waals surface area contributed by atoms with Gasteiger partial charge < -0.3 is 0 Å². The first-order chi connectivity index (χ1) is 6.82. The molecule has 0 spiro atoms. The van der Waals surface area contributed by atoms with Crippen LogP contribution in [0.2, 0.25) is 0 Å². The van der Waals surface area contributed by atoms with Gasteiger partial charge in [0.25, 0.3) is 0 Å². The molecule has 1 aromatic heterocycles. The van der Waals surface area contributed by atoms with Gasteiger partial charge in [0.05, 0.1) is 22.8 Å². The molecule has 1 atom stereocenters. The Hall–Kier alpha value is -1.23. The molecule has 1 rings (SSSR count). The molecule has 0 aromatic carbocycles. The predicted molar refractivity (Wildman–Crippen MR) is 60.1 cm³/mol. The van der Waals surface area contributed by atoms with Gasteiger partial charge in [0.15, 0.2) is 9.84 Å². The molecule has 15 heavy (non-hydrogen) atoms. The maximum atomic E-state index is 11.3. The molecule has 0 aliphatic carbocycles. The Morgan fingerprint density at radius 3 is 2.40 bits per heavy atom. The maximum Gasteiger partial charge on any atom is 0.154 e. The average molecular weight is 226 g/mol. The quantitative estimate of drug-likeness (QED) is 0.777. The summed E-state index contributed by atoms with van der Waals surface area (Å²) in [6, 6.07) is 0. The zero-order valence-corrected chi connectivity index (χ0v) is 9.87. The fourth-order valence-corrected chi connectivity index (χ4v) is 1.66. The lowest BCUT2D eigenvalue weighted by Crippen LogP contribution is -2.17. The number of nitrogens with zero attached hydrogens (tertiary/aromatic N) is 2. The fourth-order valence-electron chi connectivity index (χ4n) is 1.03. The number of sulfone groups is 1. The highest BCUT2D eigenvalue weighted by Crippen LogP contribution is 2.18. The minimum absolute atomic E-state index is 0.477. The van der Waals surface area contributed by atoms with E-state index in [0.717, 1.165) is 5.69 Å². The molecule has 1 heterocycles. The van der Waals surface area contributed by atoms with Crippen molar-refractivity contribution in [2.45, 2.75) is 19.1 Å². The molecule has 0 amide bonds. The van der Waals surface area contributed by atoms with Gasteiger partial charge in [-0.15, -0.1) is 0 Å². The summed E-state index contributed by atoms with van der Waals surface area (Å²) in [5.74, 6) is 0. The standard InChI is InChI=1S/C10H14N2O2S/c1-7-5-12-10(6-11-7)8(2)9(3)15(4,13)14/h5-6,9H,2H2,1,3-4H3/t9-/m0/s1. The first kappa shape index (κ1) is 11.8. The van der Waals surface area contributed by atoms with Gasteiger partial charge in [-0.3, -0.25) is 9.97 Å². The molecule has 1 aromatic rings. The zero-order chi connectivity index (χ0) is 11.6. The minimum atomic E-state index is -3.13. The third-order valence-corrected chi connectivity index (χ3v) is 3.81. The second-order valence-electron chi connectivity index (χ2n) is 3.54. The Morgan fingerprint density at radius 2 is 2.00 bits per heavy atom. The number of hydrogen-bond donors (Lipinski definition) is 0. The Balaban J connectivity index is 3.01. The average Bonchev–Trinajstić information content (AvgIpc) is 2.15. The fraction of sp³-hybridized carbons (Fsp3) is 0.400. The third-order valence-electron chi connectivity index (χ3n) is 2.24. The summed E-state index contributed by atoms with van der Waals surface area (Å²) in [6.07, 6.45) is 4.32. The van der Waals surface area contributed by atoms with E-state index in [2.05, 4.69) is 16.5 Å². The molecular weight excluding hydrogens is 212 g/mol. The van der Waals surface area contributed by atoms with Crippen molar-refractivity contribution in [3.63, 3.8) is 0 Å². The van der Waals surface area contributed by atoms with Crippen molar-refractivity contribution in [1.82, 2.24) is 9.97 Å². The van der Waals surface area contributed by atoms with Crippen LogP contribution in [0, 0.1) is 6.92 Å². The molecule has 0 radical (unpaired) electrons. The zero-order valence-electron chi connectivity index (χ0n) is 9.06. The first-order valence-corrected chi connectivity index (χ1v) is 6.44. The highest BCUT2D eigenvalue weighted by Gasteiger charge is 2.20. The number of aryl methyl sites for hydroxylation is 1. The van der Waals surface area contributed by atoms with Crippen molar-refractivity contribution in [1.29, 1.82) is 0 Å². The normalized spacial score (nSPS) is 13.5. The van der Waals surface area contributed by atoms with Crippen molar-refractivity contribution in [2.75, 3.05) is 6.26 Å². The second-order valence-corrected chi connectivity index (χ2v) is 5.91. The summed E-state index contributed by atoms with van der Waals surface area (Å²) in [4.78, 5) is 8.13. The second kappa shape index (κ2) is 4.10. The lowest BCUT2D eigenvalue weighted by Gasteiger charge is -2.11. The van der Waals surface area contributed by atoms with Crippen molar-refractivity contribution in [2.24, 2.45) is 0 Å². The summed E-state index contributed by atoms with van der Waals surface area (Å²) >= 11 is 0. The predicted octanol–water partition coefficient (Wildman–Crippen LogP) is 1.23. The Morgan fingerprint density at radius 1 is 1.40 bits per heavy atom. The minimum Gasteiger partial charge on any atom is -0.258 e. The molecule has 0 aliphatic rings. The summed E-state index contributed by atoms with van der Waals surface area (Å²) in [6.45, 7) is 7.15. The van der Waals surface area contributed by atoms with Gasteiger partial charge in [0.1, 0.15) is 0 Å². The molecule has 0 N–H and O–H groups in total. The van der Waals surface area contributed by atoms with Crippen LogP contribution in [0.5, 0.6) is 0 Å². The summed E-state index contributed by atoms with van der Waals surface area (Å²) in [5, 5.41) is -0.630. The van der Waals surface area contributed by atoms with Crippen molar-refractivity contribution < 1.29 is 8.42 Å². The van der Waals surface area contributed by atoms with E-state index in [1.807, 2.05) is 6.92 Å². The van der Waals surface area contributed by atoms with Crippen LogP contribution in [0.15, 0.2) is 19.0 Å². The highest BCUT2D eigenvalue weighted by molar-refractivity contribution is 7.91. The van der Waals surface area contributed by atoms with Gasteiger partial charge in [0.2, 0.25) is 0 Å². The lowest BCUT2D eigenvalue weighted by molar-refractivity contribution is 0.598. The Labute approximate surface area is 90.0 Å². The number of hydrogen-bond acceptors (Lipinski definition) is 4. The van der Waals surface area contributed by atoms with Crippen LogP contribution in [0.3, 0.4) is 0 Å². The van der Waals surface area contributed by atoms with E-state index in [4.69, 9.17) is 0 Å². The van der Waals surface area contributed by atoms with Gasteiger partial charge in [-0.05, 0) is 19.4 Å². The van der Waals surface area contributed by atoms with Crippen molar-refractivity contribution in [3.8, 4) is 0 Å². The van der Waals surface area contributed by atoms with E-state index in [1.165, 1.54) is 6.26 Å². The molecule has 0 bridgehead atoms. The van der Waals surface area contributed by atoms with E-state index in [9.17, 15) is 8.42 Å². The maximum absolute atomic E-state index is 11.3. The first-order valence-electron chi connectivity index (χ1n) is 4.49. The number of rotatable bonds is 3. The van der Waals surface area contributed by atoms with Gasteiger partial charge in [-0.25, -0.2) is 8.42 Å². The molecule has 0 saturated heterocycles. The van der Waals surface area contributed by atoms with Gasteiger partial charge in [-0.1, -0.05) is 6.58 Å². The summed E-state index contributed by atoms with van der Waals surface area (Å²) in [7, 11) is -3.13. The lowest BCUT2D eigenvalue weighted by atomic mass is 10.2. The molecular formula is C10H14N2O2S. The Bertz CT molecular complexity index is 463. The van der Waals surface area contributed by atoms with E-state index in [0.29, 0.717) is 11.3 Å². The van der Waals surface area contributed by atoms with Crippen LogP contribution in [-0.4, -0.2) is 29.9 Å². The highest BCUT2D eigenvalue weighted by atomic mass is 32.2. The molecule has 0 unspecified atom stereocenters. The molecule has 4 nitrogen and oxygen atoms in total. The molecule has 5 heteroatoms. The monoisotopic (exact) mass is 226 g/mol. The van der Waals surface area contributed by atoms with Crippen molar-refractivity contribution >= 4 is 15.4 Å². The van der Waals surface area contributed by atoms with E-state index >= 15 is 0 Å². The third kappa shape index (κ3) is 2.86. The molecule has 0 saturated carbocycles. The molecule has 0 fully saturated rings.